The molecule has 3 fully saturated rings. The van der Waals surface area contributed by atoms with Crippen LogP contribution in [0, 0.1) is 5.41 Å². The lowest BCUT2D eigenvalue weighted by Gasteiger charge is -2.35. The number of halogens is 2. The van der Waals surface area contributed by atoms with Gasteiger partial charge in [-0.15, -0.1) is 0 Å². The monoisotopic (exact) mass is 592 g/mol. The molecule has 1 saturated carbocycles. The molecule has 11 nitrogen and oxygen atoms in total. The van der Waals surface area contributed by atoms with Gasteiger partial charge in [0.25, 0.3) is 11.8 Å². The first-order valence-electron chi connectivity index (χ1n) is 14.0. The van der Waals surface area contributed by atoms with Gasteiger partial charge in [0.1, 0.15) is 5.82 Å². The van der Waals surface area contributed by atoms with Crippen LogP contribution in [0.5, 0.6) is 0 Å². The molecule has 1 aromatic carbocycles. The Morgan fingerprint density at radius 2 is 1.71 bits per heavy atom. The minimum atomic E-state index is -3.75. The minimum absolute atomic E-state index is 0.0563. The second-order valence-corrected chi connectivity index (χ2v) is 13.3. The number of nitrogens with one attached hydrogen (secondary N) is 2. The van der Waals surface area contributed by atoms with Gasteiger partial charge in [-0.1, -0.05) is 0 Å². The smallest absolute Gasteiger partial charge is 0.260 e. The van der Waals surface area contributed by atoms with Gasteiger partial charge in [0, 0.05) is 44.6 Å². The van der Waals surface area contributed by atoms with Crippen molar-refractivity contribution in [2.75, 3.05) is 58.4 Å². The molecule has 0 bridgehead atoms. The molecule has 1 aliphatic carbocycles. The van der Waals surface area contributed by atoms with Crippen molar-refractivity contribution >= 4 is 39.1 Å². The summed E-state index contributed by atoms with van der Waals surface area (Å²) in [5, 5.41) is 11.9. The van der Waals surface area contributed by atoms with E-state index in [2.05, 4.69) is 24.9 Å². The molecule has 0 radical (unpaired) electrons. The second kappa shape index (κ2) is 10.6. The van der Waals surface area contributed by atoms with E-state index < -0.39 is 34.2 Å². The second-order valence-electron chi connectivity index (χ2n) is 11.4. The summed E-state index contributed by atoms with van der Waals surface area (Å²) >= 11 is 0. The van der Waals surface area contributed by atoms with Crippen molar-refractivity contribution in [3.05, 3.63) is 35.0 Å². The van der Waals surface area contributed by atoms with Crippen LogP contribution >= 0.6 is 0 Å². The van der Waals surface area contributed by atoms with Crippen LogP contribution < -0.4 is 19.8 Å². The number of fused-ring (bicyclic) bond motifs is 1. The van der Waals surface area contributed by atoms with E-state index in [1.54, 1.807) is 17.0 Å². The van der Waals surface area contributed by atoms with Crippen molar-refractivity contribution in [3.8, 4) is 0 Å². The lowest BCUT2D eigenvalue weighted by atomic mass is 9.93. The molecule has 222 valence electrons. The highest BCUT2D eigenvalue weighted by molar-refractivity contribution is 7.92. The van der Waals surface area contributed by atoms with E-state index in [0.29, 0.717) is 33.9 Å². The van der Waals surface area contributed by atoms with Crippen LogP contribution in [0.3, 0.4) is 0 Å². The van der Waals surface area contributed by atoms with Crippen LogP contribution in [-0.4, -0.2) is 73.9 Å². The molecule has 0 atom stereocenters. The third kappa shape index (κ3) is 6.09. The number of carbonyl (C=O) groups is 1. The van der Waals surface area contributed by atoms with Crippen molar-refractivity contribution in [1.29, 1.82) is 0 Å². The van der Waals surface area contributed by atoms with E-state index in [-0.39, 0.29) is 45.1 Å². The largest absolute Gasteiger partial charge is 0.395 e. The Morgan fingerprint density at radius 1 is 1.00 bits per heavy atom. The van der Waals surface area contributed by atoms with Crippen molar-refractivity contribution in [3.63, 3.8) is 0 Å². The number of piperidine rings is 2. The Balaban J connectivity index is 1.28. The number of amides is 1. The molecule has 4 aliphatic rings. The number of anilines is 4. The normalized spacial score (nSPS) is 21.0. The summed E-state index contributed by atoms with van der Waals surface area (Å²) in [4.78, 5) is 26.6. The molecule has 1 spiro atoms. The number of benzene rings is 1. The van der Waals surface area contributed by atoms with Gasteiger partial charge in [-0.3, -0.25) is 14.8 Å². The van der Waals surface area contributed by atoms with Crippen molar-refractivity contribution < 1.29 is 31.8 Å². The number of carbonyl (C=O) groups excluding carboxylic acids is 1. The predicted molar refractivity (Wildman–Crippen MR) is 149 cm³/mol. The maximum atomic E-state index is 13.8. The summed E-state index contributed by atoms with van der Waals surface area (Å²) in [5.41, 5.74) is 2.98. The number of sulfonamides is 1. The molecule has 1 amide bonds. The number of aliphatic hydroxyl groups excluding tert-OH is 1. The zero-order valence-electron chi connectivity index (χ0n) is 22.7. The highest BCUT2D eigenvalue weighted by Gasteiger charge is 2.44. The van der Waals surface area contributed by atoms with Gasteiger partial charge in [0.05, 0.1) is 48.2 Å². The summed E-state index contributed by atoms with van der Waals surface area (Å²) in [5.74, 6) is -3.05. The Hall–Kier alpha value is -3.10. The fraction of sp³-hybridized carbons (Fsp3) is 0.593. The minimum Gasteiger partial charge on any atom is -0.395 e. The third-order valence-corrected chi connectivity index (χ3v) is 9.84. The number of hydrogen-bond acceptors (Lipinski definition) is 9. The molecule has 6 rings (SSSR count). The van der Waals surface area contributed by atoms with E-state index >= 15 is 0 Å². The Morgan fingerprint density at radius 3 is 2.39 bits per heavy atom. The summed E-state index contributed by atoms with van der Waals surface area (Å²) in [6.45, 7) is 1.76. The SMILES string of the molecule is O=C(Nc1nc2c(c(N3CCC(F)(F)CC3)n1)COC2)c1ccc(NS(=O)(=O)CCO)cc1N1CCC2(CC1)CC2. The van der Waals surface area contributed by atoms with Gasteiger partial charge in [-0.2, -0.15) is 4.98 Å². The van der Waals surface area contributed by atoms with Crippen LogP contribution in [0.2, 0.25) is 0 Å². The number of hydrogen-bond donors (Lipinski definition) is 3. The van der Waals surface area contributed by atoms with E-state index in [9.17, 15) is 22.0 Å². The molecule has 1 aromatic heterocycles. The molecule has 2 saturated heterocycles. The van der Waals surface area contributed by atoms with Crippen molar-refractivity contribution in [1.82, 2.24) is 9.97 Å². The molecular formula is C27H34F2N6O5S. The summed E-state index contributed by atoms with van der Waals surface area (Å²) in [7, 11) is -3.75. The zero-order chi connectivity index (χ0) is 28.8. The number of rotatable bonds is 8. The van der Waals surface area contributed by atoms with Crippen LogP contribution in [0.15, 0.2) is 18.2 Å². The van der Waals surface area contributed by atoms with Crippen LogP contribution in [-0.2, 0) is 28.0 Å². The predicted octanol–water partition coefficient (Wildman–Crippen LogP) is 3.11. The first-order valence-corrected chi connectivity index (χ1v) is 15.6. The molecule has 3 aliphatic heterocycles. The van der Waals surface area contributed by atoms with E-state index in [1.807, 2.05) is 0 Å². The van der Waals surface area contributed by atoms with Gasteiger partial charge in [0.15, 0.2) is 0 Å². The summed E-state index contributed by atoms with van der Waals surface area (Å²) in [6, 6.07) is 4.72. The first kappa shape index (κ1) is 28.0. The Labute approximate surface area is 237 Å². The van der Waals surface area contributed by atoms with Gasteiger partial charge in [-0.05, 0) is 49.3 Å². The lowest BCUT2D eigenvalue weighted by molar-refractivity contribution is -0.0221. The number of nitrogens with zero attached hydrogens (tertiary/aromatic N) is 4. The van der Waals surface area contributed by atoms with Crippen molar-refractivity contribution in [2.24, 2.45) is 5.41 Å². The third-order valence-electron chi connectivity index (χ3n) is 8.57. The van der Waals surface area contributed by atoms with E-state index in [4.69, 9.17) is 9.84 Å². The van der Waals surface area contributed by atoms with Gasteiger partial charge < -0.3 is 19.6 Å². The highest BCUT2D eigenvalue weighted by atomic mass is 32.2. The molecular weight excluding hydrogens is 558 g/mol. The maximum absolute atomic E-state index is 13.8. The van der Waals surface area contributed by atoms with E-state index in [0.717, 1.165) is 31.5 Å². The topological polar surface area (TPSA) is 137 Å². The fourth-order valence-corrected chi connectivity index (χ4v) is 6.69. The highest BCUT2D eigenvalue weighted by Crippen LogP contribution is 2.54. The molecule has 4 heterocycles. The summed E-state index contributed by atoms with van der Waals surface area (Å²) in [6.07, 6.45) is 3.88. The van der Waals surface area contributed by atoms with Gasteiger partial charge in [-0.25, -0.2) is 22.2 Å². The van der Waals surface area contributed by atoms with Gasteiger partial charge >= 0.3 is 0 Å². The standard InChI is InChI=1S/C27H34F2N6O5S/c28-27(29)7-11-35(12-8-27)23-20-16-40-17-21(20)30-25(31-23)32-24(37)19-2-1-18(33-41(38,39)14-13-36)15-22(19)34-9-5-26(3-4-26)6-10-34/h1-2,15,33,36H,3-14,16-17H2,(H,30,31,32,37). The molecule has 2 aromatic rings. The number of aliphatic hydroxyl groups is 1. The van der Waals surface area contributed by atoms with Crippen molar-refractivity contribution in [2.45, 2.75) is 57.7 Å². The zero-order valence-corrected chi connectivity index (χ0v) is 23.5. The van der Waals surface area contributed by atoms with Crippen LogP contribution in [0.4, 0.5) is 31.9 Å². The molecule has 3 N–H and O–H groups in total. The number of aromatic nitrogens is 2. The Bertz CT molecular complexity index is 1430. The first-order chi connectivity index (χ1) is 19.6. The maximum Gasteiger partial charge on any atom is 0.260 e. The van der Waals surface area contributed by atoms with Crippen LogP contribution in [0.25, 0.3) is 0 Å². The molecule has 0 unspecified atom stereocenters. The summed E-state index contributed by atoms with van der Waals surface area (Å²) < 4.78 is 60.2. The van der Waals surface area contributed by atoms with Crippen LogP contribution in [0.1, 0.15) is 60.1 Å². The lowest BCUT2D eigenvalue weighted by Crippen LogP contribution is -2.40. The molecule has 14 heteroatoms. The van der Waals surface area contributed by atoms with Gasteiger partial charge in [0.2, 0.25) is 16.0 Å². The van der Waals surface area contributed by atoms with E-state index in [1.165, 1.54) is 18.9 Å². The average Bonchev–Trinajstić information content (AvgIpc) is 3.50. The molecule has 41 heavy (non-hydrogen) atoms. The quantitative estimate of drug-likeness (QED) is 0.422. The number of alkyl halides is 2. The average molecular weight is 593 g/mol. The Kier molecular flexibility index (Phi) is 7.27. The fourth-order valence-electron chi connectivity index (χ4n) is 5.86. The number of ether oxygens (including phenoxy) is 1.